The molecule has 0 amide bonds. The van der Waals surface area contributed by atoms with Gasteiger partial charge >= 0.3 is 5.97 Å². The van der Waals surface area contributed by atoms with E-state index in [0.717, 1.165) is 29.1 Å². The van der Waals surface area contributed by atoms with E-state index < -0.39 is 5.97 Å². The largest absolute Gasteiger partial charge is 0.496 e. The van der Waals surface area contributed by atoms with Crippen LogP contribution in [-0.4, -0.2) is 13.1 Å². The molecule has 0 spiro atoms. The van der Waals surface area contributed by atoms with Gasteiger partial charge in [0.1, 0.15) is 11.9 Å². The van der Waals surface area contributed by atoms with Crippen LogP contribution in [-0.2, 0) is 16.6 Å². The van der Waals surface area contributed by atoms with Crippen molar-refractivity contribution in [1.82, 2.24) is 0 Å². The molecule has 0 unspecified atom stereocenters. The number of carbonyl (C=O) groups is 1. The first-order valence-electron chi connectivity index (χ1n) is 11.1. The molecule has 154 valence electrons. The van der Waals surface area contributed by atoms with E-state index in [9.17, 15) is 4.79 Å². The summed E-state index contributed by atoms with van der Waals surface area (Å²) in [5.41, 5.74) is 3.33. The highest BCUT2D eigenvalue weighted by molar-refractivity contribution is 5.89. The second-order valence-electron chi connectivity index (χ2n) is 9.44. The van der Waals surface area contributed by atoms with Gasteiger partial charge in [-0.2, -0.15) is 0 Å². The fourth-order valence-electron chi connectivity index (χ4n) is 6.57. The van der Waals surface area contributed by atoms with Crippen LogP contribution in [0.5, 0.6) is 5.75 Å². The van der Waals surface area contributed by atoms with Crippen molar-refractivity contribution in [2.24, 2.45) is 17.8 Å². The summed E-state index contributed by atoms with van der Waals surface area (Å²) in [6.45, 7) is 0. The zero-order valence-electron chi connectivity index (χ0n) is 17.5. The quantitative estimate of drug-likeness (QED) is 0.500. The van der Waals surface area contributed by atoms with Crippen molar-refractivity contribution in [3.8, 4) is 17.8 Å². The van der Waals surface area contributed by atoms with Crippen LogP contribution in [0, 0.1) is 29.8 Å². The number of benzene rings is 2. The van der Waals surface area contributed by atoms with Crippen LogP contribution < -0.4 is 4.74 Å². The maximum atomic E-state index is 12.0. The molecular weight excluding hydrogens is 372 g/mol. The van der Waals surface area contributed by atoms with Crippen LogP contribution in [0.2, 0.25) is 0 Å². The average molecular weight is 401 g/mol. The highest BCUT2D eigenvalue weighted by Crippen LogP contribution is 2.61. The fraction of sp³-hybridized carbons (Fsp3) is 0.444. The van der Waals surface area contributed by atoms with E-state index in [1.54, 1.807) is 19.2 Å². The standard InChI is InChI=1S/C27H28O3/c1-29-25-10-9-19(6-5-11-30-26(28)23-7-3-2-4-8-23)15-24(25)27-16-20-12-21(17-27)14-22(13-20)18-27/h2-4,7-10,15,20-22H,6,12-14,16-18H2,1H3. The molecular formula is C27H28O3. The van der Waals surface area contributed by atoms with Crippen LogP contribution >= 0.6 is 0 Å². The predicted octanol–water partition coefficient (Wildman–Crippen LogP) is 5.52. The molecule has 4 aliphatic carbocycles. The Morgan fingerprint density at radius 2 is 1.67 bits per heavy atom. The van der Waals surface area contributed by atoms with Crippen molar-refractivity contribution in [2.75, 3.05) is 7.11 Å². The van der Waals surface area contributed by atoms with E-state index in [4.69, 9.17) is 9.47 Å². The highest BCUT2D eigenvalue weighted by Gasteiger charge is 2.52. The Kier molecular flexibility index (Phi) is 5.03. The molecule has 0 radical (unpaired) electrons. The Morgan fingerprint density at radius 3 is 2.30 bits per heavy atom. The Labute approximate surface area is 178 Å². The van der Waals surface area contributed by atoms with Crippen LogP contribution in [0.3, 0.4) is 0 Å². The number of ether oxygens (including phenoxy) is 2. The predicted molar refractivity (Wildman–Crippen MR) is 116 cm³/mol. The molecule has 0 N–H and O–H groups in total. The SMILES string of the molecule is COc1ccc(CC#COC(=O)c2ccccc2)cc1C12CC3CC(CC(C3)C1)C2. The van der Waals surface area contributed by atoms with E-state index in [2.05, 4.69) is 30.2 Å². The molecule has 0 heterocycles. The van der Waals surface area contributed by atoms with Gasteiger partial charge in [-0.05, 0) is 85.5 Å². The second kappa shape index (κ2) is 7.84. The van der Waals surface area contributed by atoms with Crippen LogP contribution in [0.25, 0.3) is 0 Å². The van der Waals surface area contributed by atoms with Gasteiger partial charge in [-0.3, -0.25) is 0 Å². The van der Waals surface area contributed by atoms with Crippen LogP contribution in [0.4, 0.5) is 0 Å². The lowest BCUT2D eigenvalue weighted by Gasteiger charge is -2.57. The highest BCUT2D eigenvalue weighted by atomic mass is 16.5. The van der Waals surface area contributed by atoms with E-state index in [0.29, 0.717) is 12.0 Å². The molecule has 3 heteroatoms. The summed E-state index contributed by atoms with van der Waals surface area (Å²) in [6.07, 6.45) is 11.4. The van der Waals surface area contributed by atoms with Gasteiger partial charge in [0, 0.05) is 12.0 Å². The third-order valence-corrected chi connectivity index (χ3v) is 7.39. The van der Waals surface area contributed by atoms with Gasteiger partial charge in [-0.15, -0.1) is 0 Å². The van der Waals surface area contributed by atoms with Crippen LogP contribution in [0.1, 0.15) is 60.0 Å². The van der Waals surface area contributed by atoms with Gasteiger partial charge in [0.25, 0.3) is 0 Å². The summed E-state index contributed by atoms with van der Waals surface area (Å²) in [5, 5.41) is 0. The number of rotatable bonds is 4. The maximum absolute atomic E-state index is 12.0. The van der Waals surface area contributed by atoms with Gasteiger partial charge < -0.3 is 9.47 Å². The van der Waals surface area contributed by atoms with Crippen molar-refractivity contribution in [1.29, 1.82) is 0 Å². The first kappa shape index (κ1) is 19.2. The number of methoxy groups -OCH3 is 1. The molecule has 30 heavy (non-hydrogen) atoms. The van der Waals surface area contributed by atoms with Crippen molar-refractivity contribution >= 4 is 5.97 Å². The molecule has 4 bridgehead atoms. The minimum atomic E-state index is -0.410. The summed E-state index contributed by atoms with van der Waals surface area (Å²) in [4.78, 5) is 12.0. The lowest BCUT2D eigenvalue weighted by molar-refractivity contribution is -0.00618. The third-order valence-electron chi connectivity index (χ3n) is 7.39. The summed E-state index contributed by atoms with van der Waals surface area (Å²) in [7, 11) is 1.78. The van der Waals surface area contributed by atoms with Crippen molar-refractivity contribution in [3.63, 3.8) is 0 Å². The molecule has 0 saturated heterocycles. The fourth-order valence-corrected chi connectivity index (χ4v) is 6.57. The number of hydrogen-bond donors (Lipinski definition) is 0. The Balaban J connectivity index is 1.33. The molecule has 0 aliphatic heterocycles. The monoisotopic (exact) mass is 400 g/mol. The lowest BCUT2D eigenvalue weighted by atomic mass is 9.48. The van der Waals surface area contributed by atoms with Gasteiger partial charge in [0.15, 0.2) is 0 Å². The third kappa shape index (κ3) is 3.60. The average Bonchev–Trinajstić information content (AvgIpc) is 2.76. The molecule has 4 aliphatic rings. The minimum Gasteiger partial charge on any atom is -0.496 e. The van der Waals surface area contributed by atoms with Crippen LogP contribution in [0.15, 0.2) is 48.5 Å². The van der Waals surface area contributed by atoms with E-state index in [-0.39, 0.29) is 5.41 Å². The van der Waals surface area contributed by atoms with Gasteiger partial charge in [0.05, 0.1) is 12.7 Å². The zero-order chi connectivity index (χ0) is 20.6. The molecule has 4 fully saturated rings. The Bertz CT molecular complexity index is 960. The summed E-state index contributed by atoms with van der Waals surface area (Å²) >= 11 is 0. The summed E-state index contributed by atoms with van der Waals surface area (Å²) in [6, 6.07) is 15.4. The number of esters is 1. The van der Waals surface area contributed by atoms with Crippen molar-refractivity contribution < 1.29 is 14.3 Å². The minimum absolute atomic E-state index is 0.281. The molecule has 2 aromatic carbocycles. The Hall–Kier alpha value is -2.73. The van der Waals surface area contributed by atoms with E-state index in [1.807, 2.05) is 18.2 Å². The number of hydrogen-bond acceptors (Lipinski definition) is 3. The van der Waals surface area contributed by atoms with Crippen molar-refractivity contribution in [3.05, 3.63) is 65.2 Å². The second-order valence-corrected chi connectivity index (χ2v) is 9.44. The smallest absolute Gasteiger partial charge is 0.352 e. The Morgan fingerprint density at radius 1 is 1.00 bits per heavy atom. The zero-order valence-corrected chi connectivity index (χ0v) is 17.5. The lowest BCUT2D eigenvalue weighted by Crippen LogP contribution is -2.48. The first-order valence-corrected chi connectivity index (χ1v) is 11.1. The topological polar surface area (TPSA) is 35.5 Å². The van der Waals surface area contributed by atoms with E-state index >= 15 is 0 Å². The summed E-state index contributed by atoms with van der Waals surface area (Å²) in [5.74, 6) is 6.29. The molecule has 0 atom stereocenters. The molecule has 3 nitrogen and oxygen atoms in total. The summed E-state index contributed by atoms with van der Waals surface area (Å²) < 4.78 is 10.9. The molecule has 6 rings (SSSR count). The maximum Gasteiger partial charge on any atom is 0.352 e. The molecule has 2 aromatic rings. The van der Waals surface area contributed by atoms with Gasteiger partial charge in [-0.1, -0.05) is 36.3 Å². The van der Waals surface area contributed by atoms with E-state index in [1.165, 1.54) is 44.1 Å². The molecule has 0 aromatic heterocycles. The van der Waals surface area contributed by atoms with Gasteiger partial charge in [0.2, 0.25) is 0 Å². The van der Waals surface area contributed by atoms with Gasteiger partial charge in [-0.25, -0.2) is 4.79 Å². The normalized spacial score (nSPS) is 28.5. The number of carbonyl (C=O) groups excluding carboxylic acids is 1. The molecule has 4 saturated carbocycles. The first-order chi connectivity index (χ1) is 14.6. The van der Waals surface area contributed by atoms with Crippen molar-refractivity contribution in [2.45, 2.75) is 50.4 Å².